The average Bonchev–Trinajstić information content (AvgIpc) is 2.32. The van der Waals surface area contributed by atoms with Gasteiger partial charge >= 0.3 is 5.97 Å². The minimum Gasteiger partial charge on any atom is -0.478 e. The third-order valence-corrected chi connectivity index (χ3v) is 2.63. The Labute approximate surface area is 102 Å². The molecule has 0 radical (unpaired) electrons. The molecule has 0 aliphatic rings. The molecule has 0 aliphatic heterocycles. The molecule has 2 aromatic rings. The van der Waals surface area contributed by atoms with Crippen LogP contribution >= 0.6 is 15.9 Å². The SMILES string of the molecule is CC.O=C(O)c1ccc2nccc(Br)c2c1. The summed E-state index contributed by atoms with van der Waals surface area (Å²) in [4.78, 5) is 14.8. The van der Waals surface area contributed by atoms with Crippen molar-refractivity contribution in [3.63, 3.8) is 0 Å². The predicted octanol–water partition coefficient (Wildman–Crippen LogP) is 3.72. The van der Waals surface area contributed by atoms with E-state index < -0.39 is 5.97 Å². The molecular formula is C12H12BrNO2. The van der Waals surface area contributed by atoms with Crippen molar-refractivity contribution < 1.29 is 9.90 Å². The molecular weight excluding hydrogens is 270 g/mol. The number of aromatic nitrogens is 1. The van der Waals surface area contributed by atoms with Crippen molar-refractivity contribution in [2.75, 3.05) is 0 Å². The summed E-state index contributed by atoms with van der Waals surface area (Å²) in [6.07, 6.45) is 1.67. The van der Waals surface area contributed by atoms with Crippen LogP contribution in [0.5, 0.6) is 0 Å². The summed E-state index contributed by atoms with van der Waals surface area (Å²) in [7, 11) is 0. The van der Waals surface area contributed by atoms with Gasteiger partial charge in [0.1, 0.15) is 0 Å². The van der Waals surface area contributed by atoms with Gasteiger partial charge < -0.3 is 5.11 Å². The molecule has 0 saturated heterocycles. The molecule has 0 fully saturated rings. The van der Waals surface area contributed by atoms with Gasteiger partial charge in [-0.05, 0) is 24.3 Å². The molecule has 0 amide bonds. The molecule has 3 nitrogen and oxygen atoms in total. The first-order valence-electron chi connectivity index (χ1n) is 4.96. The van der Waals surface area contributed by atoms with Gasteiger partial charge in [0.15, 0.2) is 0 Å². The first-order chi connectivity index (χ1) is 7.68. The second-order valence-electron chi connectivity index (χ2n) is 2.83. The van der Waals surface area contributed by atoms with Crippen LogP contribution in [-0.2, 0) is 0 Å². The summed E-state index contributed by atoms with van der Waals surface area (Å²) < 4.78 is 0.852. The molecule has 0 unspecified atom stereocenters. The van der Waals surface area contributed by atoms with Gasteiger partial charge in [0.05, 0.1) is 11.1 Å². The van der Waals surface area contributed by atoms with Crippen molar-refractivity contribution in [1.82, 2.24) is 4.98 Å². The van der Waals surface area contributed by atoms with E-state index in [2.05, 4.69) is 20.9 Å². The lowest BCUT2D eigenvalue weighted by Crippen LogP contribution is -1.95. The van der Waals surface area contributed by atoms with Gasteiger partial charge in [-0.2, -0.15) is 0 Å². The number of hydrogen-bond acceptors (Lipinski definition) is 2. The standard InChI is InChI=1S/C10H6BrNO2.C2H6/c11-8-3-4-12-9-2-1-6(10(13)14)5-7(8)9;1-2/h1-5H,(H,13,14);1-2H3. The van der Waals surface area contributed by atoms with Crippen LogP contribution in [0.25, 0.3) is 10.9 Å². The molecule has 0 spiro atoms. The molecule has 2 rings (SSSR count). The molecule has 1 aromatic carbocycles. The Morgan fingerprint density at radius 3 is 2.62 bits per heavy atom. The first kappa shape index (κ1) is 12.6. The third-order valence-electron chi connectivity index (χ3n) is 1.94. The maximum absolute atomic E-state index is 10.7. The number of aromatic carboxylic acids is 1. The molecule has 16 heavy (non-hydrogen) atoms. The van der Waals surface area contributed by atoms with Gasteiger partial charge in [0, 0.05) is 16.1 Å². The Morgan fingerprint density at radius 1 is 1.31 bits per heavy atom. The zero-order valence-corrected chi connectivity index (χ0v) is 10.7. The van der Waals surface area contributed by atoms with Gasteiger partial charge in [-0.1, -0.05) is 29.8 Å². The van der Waals surface area contributed by atoms with E-state index in [0.29, 0.717) is 0 Å². The van der Waals surface area contributed by atoms with Crippen molar-refractivity contribution >= 4 is 32.8 Å². The Balaban J connectivity index is 0.000000606. The zero-order chi connectivity index (χ0) is 12.1. The monoisotopic (exact) mass is 281 g/mol. The molecule has 0 atom stereocenters. The summed E-state index contributed by atoms with van der Waals surface area (Å²) in [6, 6.07) is 6.64. The minimum atomic E-state index is -0.928. The fourth-order valence-electron chi connectivity index (χ4n) is 1.25. The summed E-state index contributed by atoms with van der Waals surface area (Å²) in [6.45, 7) is 4.00. The number of rotatable bonds is 1. The van der Waals surface area contributed by atoms with Crippen LogP contribution in [0.15, 0.2) is 34.9 Å². The second-order valence-corrected chi connectivity index (χ2v) is 3.68. The van der Waals surface area contributed by atoms with Crippen molar-refractivity contribution in [2.24, 2.45) is 0 Å². The first-order valence-corrected chi connectivity index (χ1v) is 5.75. The molecule has 1 N–H and O–H groups in total. The number of halogens is 1. The molecule has 0 aliphatic carbocycles. The van der Waals surface area contributed by atoms with Crippen molar-refractivity contribution in [3.05, 3.63) is 40.5 Å². The zero-order valence-electron chi connectivity index (χ0n) is 9.07. The van der Waals surface area contributed by atoms with Crippen LogP contribution in [0.2, 0.25) is 0 Å². The number of carboxylic acids is 1. The molecule has 84 valence electrons. The minimum absolute atomic E-state index is 0.270. The van der Waals surface area contributed by atoms with E-state index in [1.807, 2.05) is 13.8 Å². The van der Waals surface area contributed by atoms with E-state index in [4.69, 9.17) is 5.11 Å². The van der Waals surface area contributed by atoms with Crippen molar-refractivity contribution in [3.8, 4) is 0 Å². The van der Waals surface area contributed by atoms with Gasteiger partial charge in [-0.3, -0.25) is 4.98 Å². The van der Waals surface area contributed by atoms with Crippen LogP contribution in [0.3, 0.4) is 0 Å². The lowest BCUT2D eigenvalue weighted by molar-refractivity contribution is 0.0697. The van der Waals surface area contributed by atoms with Crippen LogP contribution in [-0.4, -0.2) is 16.1 Å². The normalized spacial score (nSPS) is 9.44. The summed E-state index contributed by atoms with van der Waals surface area (Å²) in [5.74, 6) is -0.928. The quantitative estimate of drug-likeness (QED) is 0.867. The van der Waals surface area contributed by atoms with E-state index in [1.165, 1.54) is 0 Å². The second kappa shape index (κ2) is 5.61. The number of benzene rings is 1. The fourth-order valence-corrected chi connectivity index (χ4v) is 1.68. The van der Waals surface area contributed by atoms with E-state index >= 15 is 0 Å². The number of carboxylic acid groups (broad SMARTS) is 1. The summed E-state index contributed by atoms with van der Waals surface area (Å²) in [5, 5.41) is 9.61. The summed E-state index contributed by atoms with van der Waals surface area (Å²) >= 11 is 3.35. The number of carbonyl (C=O) groups is 1. The number of nitrogens with zero attached hydrogens (tertiary/aromatic N) is 1. The highest BCUT2D eigenvalue weighted by molar-refractivity contribution is 9.10. The van der Waals surface area contributed by atoms with Crippen LogP contribution in [0, 0.1) is 0 Å². The van der Waals surface area contributed by atoms with Gasteiger partial charge in [-0.25, -0.2) is 4.79 Å². The molecule has 1 heterocycles. The van der Waals surface area contributed by atoms with E-state index in [0.717, 1.165) is 15.4 Å². The van der Waals surface area contributed by atoms with E-state index in [1.54, 1.807) is 30.5 Å². The lowest BCUT2D eigenvalue weighted by Gasteiger charge is -2.00. The highest BCUT2D eigenvalue weighted by atomic mass is 79.9. The maximum Gasteiger partial charge on any atom is 0.335 e. The Kier molecular flexibility index (Phi) is 4.43. The lowest BCUT2D eigenvalue weighted by atomic mass is 10.1. The Morgan fingerprint density at radius 2 is 2.00 bits per heavy atom. The van der Waals surface area contributed by atoms with Crippen molar-refractivity contribution in [1.29, 1.82) is 0 Å². The average molecular weight is 282 g/mol. The maximum atomic E-state index is 10.7. The van der Waals surface area contributed by atoms with Gasteiger partial charge in [0.2, 0.25) is 0 Å². The Bertz CT molecular complexity index is 511. The van der Waals surface area contributed by atoms with Gasteiger partial charge in [-0.15, -0.1) is 0 Å². The van der Waals surface area contributed by atoms with E-state index in [-0.39, 0.29) is 5.56 Å². The van der Waals surface area contributed by atoms with Crippen LogP contribution in [0.1, 0.15) is 24.2 Å². The van der Waals surface area contributed by atoms with Crippen LogP contribution < -0.4 is 0 Å². The number of hydrogen-bond donors (Lipinski definition) is 1. The number of pyridine rings is 1. The highest BCUT2D eigenvalue weighted by Gasteiger charge is 2.05. The smallest absolute Gasteiger partial charge is 0.335 e. The predicted molar refractivity (Wildman–Crippen MR) is 67.8 cm³/mol. The fraction of sp³-hybridized carbons (Fsp3) is 0.167. The van der Waals surface area contributed by atoms with E-state index in [9.17, 15) is 4.79 Å². The molecule has 1 aromatic heterocycles. The number of fused-ring (bicyclic) bond motifs is 1. The van der Waals surface area contributed by atoms with Gasteiger partial charge in [0.25, 0.3) is 0 Å². The molecule has 0 bridgehead atoms. The Hall–Kier alpha value is -1.42. The molecule has 0 saturated carbocycles. The highest BCUT2D eigenvalue weighted by Crippen LogP contribution is 2.22. The largest absolute Gasteiger partial charge is 0.478 e. The topological polar surface area (TPSA) is 50.2 Å². The third kappa shape index (κ3) is 2.58. The molecule has 4 heteroatoms. The van der Waals surface area contributed by atoms with Crippen molar-refractivity contribution in [2.45, 2.75) is 13.8 Å². The summed E-state index contributed by atoms with van der Waals surface area (Å²) in [5.41, 5.74) is 1.05. The van der Waals surface area contributed by atoms with Crippen LogP contribution in [0.4, 0.5) is 0 Å².